The van der Waals surface area contributed by atoms with Crippen molar-refractivity contribution in [1.82, 2.24) is 15.2 Å². The highest BCUT2D eigenvalue weighted by molar-refractivity contribution is 5.94. The number of H-pyrrole nitrogens is 1. The van der Waals surface area contributed by atoms with Crippen molar-refractivity contribution in [2.45, 2.75) is 39.0 Å². The number of carbonyl (C=O) groups is 2. The standard InChI is InChI=1S/C18H25N3O2/c1-13-5-2-3-6-15(13)18(23)21-10-8-14(12-21)11-20-17(22)16-7-4-9-19-16/h4,7,9,14,19H,2-3,5-6,8,10-12H2,1H3,(H,20,22)/t14-/m0/s1. The third kappa shape index (κ3) is 3.66. The predicted octanol–water partition coefficient (Wildman–Crippen LogP) is 2.48. The summed E-state index contributed by atoms with van der Waals surface area (Å²) in [4.78, 5) is 29.5. The summed E-state index contributed by atoms with van der Waals surface area (Å²) in [5.74, 6) is 0.494. The highest BCUT2D eigenvalue weighted by Gasteiger charge is 2.29. The summed E-state index contributed by atoms with van der Waals surface area (Å²) in [6, 6.07) is 3.57. The number of amides is 2. The maximum atomic E-state index is 12.7. The molecule has 1 saturated heterocycles. The average molecular weight is 315 g/mol. The lowest BCUT2D eigenvalue weighted by Crippen LogP contribution is -2.34. The molecule has 0 saturated carbocycles. The molecule has 2 aliphatic rings. The summed E-state index contributed by atoms with van der Waals surface area (Å²) in [6.07, 6.45) is 7.02. The second-order valence-electron chi connectivity index (χ2n) is 6.67. The summed E-state index contributed by atoms with van der Waals surface area (Å²) in [5.41, 5.74) is 2.89. The molecule has 2 heterocycles. The SMILES string of the molecule is CC1=C(C(=O)N2CC[C@@H](CNC(=O)c3ccc[nH]3)C2)CCCC1. The van der Waals surface area contributed by atoms with Gasteiger partial charge in [-0.25, -0.2) is 0 Å². The molecule has 1 aliphatic heterocycles. The zero-order valence-electron chi connectivity index (χ0n) is 13.7. The van der Waals surface area contributed by atoms with Crippen molar-refractivity contribution in [1.29, 1.82) is 0 Å². The van der Waals surface area contributed by atoms with E-state index < -0.39 is 0 Å². The molecular formula is C18H25N3O2. The largest absolute Gasteiger partial charge is 0.357 e. The first-order valence-corrected chi connectivity index (χ1v) is 8.54. The van der Waals surface area contributed by atoms with E-state index in [0.29, 0.717) is 18.2 Å². The Bertz CT molecular complexity index is 604. The van der Waals surface area contributed by atoms with Crippen molar-refractivity contribution in [2.24, 2.45) is 5.92 Å². The van der Waals surface area contributed by atoms with Crippen molar-refractivity contribution in [3.05, 3.63) is 35.2 Å². The van der Waals surface area contributed by atoms with Crippen LogP contribution in [-0.2, 0) is 4.79 Å². The van der Waals surface area contributed by atoms with E-state index in [-0.39, 0.29) is 11.8 Å². The average Bonchev–Trinajstić information content (AvgIpc) is 3.24. The predicted molar refractivity (Wildman–Crippen MR) is 89.0 cm³/mol. The molecule has 1 aliphatic carbocycles. The maximum Gasteiger partial charge on any atom is 0.267 e. The number of rotatable bonds is 4. The van der Waals surface area contributed by atoms with Crippen LogP contribution >= 0.6 is 0 Å². The van der Waals surface area contributed by atoms with E-state index in [9.17, 15) is 9.59 Å². The van der Waals surface area contributed by atoms with Crippen LogP contribution in [-0.4, -0.2) is 41.3 Å². The van der Waals surface area contributed by atoms with E-state index in [0.717, 1.165) is 44.3 Å². The van der Waals surface area contributed by atoms with Crippen molar-refractivity contribution in [3.8, 4) is 0 Å². The number of hydrogen-bond acceptors (Lipinski definition) is 2. The zero-order chi connectivity index (χ0) is 16.2. The quantitative estimate of drug-likeness (QED) is 0.896. The maximum absolute atomic E-state index is 12.7. The van der Waals surface area contributed by atoms with Gasteiger partial charge >= 0.3 is 0 Å². The highest BCUT2D eigenvalue weighted by Crippen LogP contribution is 2.27. The van der Waals surface area contributed by atoms with Crippen molar-refractivity contribution >= 4 is 11.8 Å². The normalized spacial score (nSPS) is 21.6. The third-order valence-corrected chi connectivity index (χ3v) is 4.97. The molecule has 0 unspecified atom stereocenters. The lowest BCUT2D eigenvalue weighted by Gasteiger charge is -2.23. The van der Waals surface area contributed by atoms with Gasteiger partial charge in [0.05, 0.1) is 0 Å². The molecule has 124 valence electrons. The molecule has 5 nitrogen and oxygen atoms in total. The van der Waals surface area contributed by atoms with Gasteiger partial charge in [0.15, 0.2) is 0 Å². The van der Waals surface area contributed by atoms with Crippen LogP contribution in [0.1, 0.15) is 49.5 Å². The number of nitrogens with zero attached hydrogens (tertiary/aromatic N) is 1. The molecule has 0 bridgehead atoms. The Morgan fingerprint density at radius 1 is 1.35 bits per heavy atom. The van der Waals surface area contributed by atoms with Crippen molar-refractivity contribution in [2.75, 3.05) is 19.6 Å². The Kier molecular flexibility index (Phi) is 4.84. The lowest BCUT2D eigenvalue weighted by molar-refractivity contribution is -0.126. The van der Waals surface area contributed by atoms with Crippen LogP contribution < -0.4 is 5.32 Å². The first kappa shape index (κ1) is 15.8. The molecule has 1 fully saturated rings. The zero-order valence-corrected chi connectivity index (χ0v) is 13.7. The summed E-state index contributed by atoms with van der Waals surface area (Å²) in [7, 11) is 0. The van der Waals surface area contributed by atoms with Gasteiger partial charge in [0.2, 0.25) is 5.91 Å². The molecular weight excluding hydrogens is 290 g/mol. The Balaban J connectivity index is 1.50. The minimum Gasteiger partial charge on any atom is -0.357 e. The second-order valence-corrected chi connectivity index (χ2v) is 6.67. The molecule has 1 aromatic rings. The molecule has 3 rings (SSSR count). The molecule has 1 aromatic heterocycles. The van der Waals surface area contributed by atoms with Gasteiger partial charge in [0.1, 0.15) is 5.69 Å². The number of allylic oxidation sites excluding steroid dienone is 1. The molecule has 2 N–H and O–H groups in total. The Hall–Kier alpha value is -2.04. The summed E-state index contributed by atoms with van der Waals surface area (Å²) in [5, 5.41) is 2.95. The van der Waals surface area contributed by atoms with Gasteiger partial charge in [-0.2, -0.15) is 0 Å². The number of likely N-dealkylation sites (tertiary alicyclic amines) is 1. The van der Waals surface area contributed by atoms with E-state index in [1.807, 2.05) is 11.0 Å². The minimum atomic E-state index is -0.0781. The van der Waals surface area contributed by atoms with Crippen molar-refractivity contribution < 1.29 is 9.59 Å². The van der Waals surface area contributed by atoms with Crippen molar-refractivity contribution in [3.63, 3.8) is 0 Å². The first-order valence-electron chi connectivity index (χ1n) is 8.54. The van der Waals surface area contributed by atoms with Crippen LogP contribution in [0.25, 0.3) is 0 Å². The first-order chi connectivity index (χ1) is 11.1. The van der Waals surface area contributed by atoms with Crippen LogP contribution in [0.4, 0.5) is 0 Å². The number of hydrogen-bond donors (Lipinski definition) is 2. The molecule has 2 amide bonds. The van der Waals surface area contributed by atoms with Gasteiger partial charge in [-0.1, -0.05) is 5.57 Å². The monoisotopic (exact) mass is 315 g/mol. The van der Waals surface area contributed by atoms with Crippen LogP contribution in [0.5, 0.6) is 0 Å². The van der Waals surface area contributed by atoms with Crippen LogP contribution in [0, 0.1) is 5.92 Å². The van der Waals surface area contributed by atoms with E-state index in [1.54, 1.807) is 12.3 Å². The van der Waals surface area contributed by atoms with E-state index in [1.165, 1.54) is 12.0 Å². The highest BCUT2D eigenvalue weighted by atomic mass is 16.2. The Morgan fingerprint density at radius 3 is 2.91 bits per heavy atom. The van der Waals surface area contributed by atoms with E-state index in [2.05, 4.69) is 17.2 Å². The lowest BCUT2D eigenvalue weighted by atomic mass is 9.92. The number of carbonyl (C=O) groups excluding carboxylic acids is 2. The minimum absolute atomic E-state index is 0.0781. The van der Waals surface area contributed by atoms with Crippen LogP contribution in [0.15, 0.2) is 29.5 Å². The van der Waals surface area contributed by atoms with E-state index >= 15 is 0 Å². The third-order valence-electron chi connectivity index (χ3n) is 4.97. The summed E-state index contributed by atoms with van der Waals surface area (Å²) in [6.45, 7) is 4.27. The molecule has 0 spiro atoms. The molecule has 0 radical (unpaired) electrons. The smallest absolute Gasteiger partial charge is 0.267 e. The summed E-state index contributed by atoms with van der Waals surface area (Å²) >= 11 is 0. The topological polar surface area (TPSA) is 65.2 Å². The van der Waals surface area contributed by atoms with Gasteiger partial charge < -0.3 is 15.2 Å². The molecule has 0 aromatic carbocycles. The number of nitrogens with one attached hydrogen (secondary N) is 2. The fourth-order valence-electron chi connectivity index (χ4n) is 3.52. The van der Waals surface area contributed by atoms with Crippen LogP contribution in [0.3, 0.4) is 0 Å². The Morgan fingerprint density at radius 2 is 2.17 bits per heavy atom. The van der Waals surface area contributed by atoms with Gasteiger partial charge in [-0.15, -0.1) is 0 Å². The number of aromatic amines is 1. The van der Waals surface area contributed by atoms with Crippen LogP contribution in [0.2, 0.25) is 0 Å². The van der Waals surface area contributed by atoms with E-state index in [4.69, 9.17) is 0 Å². The Labute approximate surface area is 137 Å². The second kappa shape index (κ2) is 7.02. The molecule has 23 heavy (non-hydrogen) atoms. The molecule has 5 heteroatoms. The number of aromatic nitrogens is 1. The molecule has 1 atom stereocenters. The van der Waals surface area contributed by atoms with Gasteiger partial charge in [0, 0.05) is 31.4 Å². The summed E-state index contributed by atoms with van der Waals surface area (Å²) < 4.78 is 0. The van der Waals surface area contributed by atoms with Gasteiger partial charge in [0.25, 0.3) is 5.91 Å². The van der Waals surface area contributed by atoms with Gasteiger partial charge in [-0.05, 0) is 57.1 Å². The van der Waals surface area contributed by atoms with Gasteiger partial charge in [-0.3, -0.25) is 9.59 Å². The fourth-order valence-corrected chi connectivity index (χ4v) is 3.52. The fraction of sp³-hybridized carbons (Fsp3) is 0.556.